The predicted octanol–water partition coefficient (Wildman–Crippen LogP) is 2.34. The fourth-order valence-corrected chi connectivity index (χ4v) is 1.69. The number of hydrogen-bond donors (Lipinski definition) is 1. The Balaban J connectivity index is 3.04. The van der Waals surface area contributed by atoms with Crippen LogP contribution in [0.1, 0.15) is 25.0 Å². The second kappa shape index (κ2) is 5.17. The minimum absolute atomic E-state index is 0.518. The molecule has 84 valence electrons. The van der Waals surface area contributed by atoms with Gasteiger partial charge in [0.25, 0.3) is 0 Å². The molecule has 2 heteroatoms. The van der Waals surface area contributed by atoms with Crippen LogP contribution in [0, 0.1) is 6.92 Å². The molecule has 0 aliphatic carbocycles. The number of nitrogens with zero attached hydrogens (tertiary/aromatic N) is 1. The van der Waals surface area contributed by atoms with Gasteiger partial charge in [-0.2, -0.15) is 0 Å². The first-order valence-electron chi connectivity index (χ1n) is 5.58. The molecule has 0 bridgehead atoms. The zero-order valence-corrected chi connectivity index (χ0v) is 10.2. The van der Waals surface area contributed by atoms with E-state index >= 15 is 0 Å². The number of nitrogens with two attached hydrogens (primary N) is 1. The van der Waals surface area contributed by atoms with E-state index in [0.29, 0.717) is 12.6 Å². The van der Waals surface area contributed by atoms with E-state index < -0.39 is 0 Å². The Morgan fingerprint density at radius 2 is 2.00 bits per heavy atom. The van der Waals surface area contributed by atoms with Crippen molar-refractivity contribution in [2.45, 2.75) is 33.2 Å². The van der Waals surface area contributed by atoms with Gasteiger partial charge in [0.15, 0.2) is 0 Å². The fourth-order valence-electron chi connectivity index (χ4n) is 1.69. The SMILES string of the molecule is Cc1ccc(N(C)C(C)C)c(CCN)c1. The standard InChI is InChI=1S/C13H22N2/c1-10(2)15(4)13-6-5-11(3)9-12(13)7-8-14/h5-6,9-10H,7-8,14H2,1-4H3. The van der Waals surface area contributed by atoms with Crippen molar-refractivity contribution >= 4 is 5.69 Å². The molecule has 1 rings (SSSR count). The predicted molar refractivity (Wildman–Crippen MR) is 67.5 cm³/mol. The Bertz CT molecular complexity index is 318. The zero-order valence-electron chi connectivity index (χ0n) is 10.2. The molecule has 2 N–H and O–H groups in total. The molecule has 1 aromatic carbocycles. The summed E-state index contributed by atoms with van der Waals surface area (Å²) in [5.74, 6) is 0. The Morgan fingerprint density at radius 1 is 1.33 bits per heavy atom. The summed E-state index contributed by atoms with van der Waals surface area (Å²) in [6, 6.07) is 7.11. The van der Waals surface area contributed by atoms with E-state index in [-0.39, 0.29) is 0 Å². The zero-order chi connectivity index (χ0) is 11.4. The highest BCUT2D eigenvalue weighted by molar-refractivity contribution is 5.55. The topological polar surface area (TPSA) is 29.3 Å². The molecule has 1 aromatic rings. The van der Waals surface area contributed by atoms with Crippen LogP contribution in [0.15, 0.2) is 18.2 Å². The summed E-state index contributed by atoms with van der Waals surface area (Å²) in [7, 11) is 2.13. The highest BCUT2D eigenvalue weighted by atomic mass is 15.1. The van der Waals surface area contributed by atoms with Crippen LogP contribution in [0.3, 0.4) is 0 Å². The fraction of sp³-hybridized carbons (Fsp3) is 0.538. The Kier molecular flexibility index (Phi) is 4.15. The first-order valence-corrected chi connectivity index (χ1v) is 5.58. The van der Waals surface area contributed by atoms with Crippen molar-refractivity contribution in [1.82, 2.24) is 0 Å². The summed E-state index contributed by atoms with van der Waals surface area (Å²) in [6.07, 6.45) is 0.952. The van der Waals surface area contributed by atoms with Crippen LogP contribution in [0.5, 0.6) is 0 Å². The van der Waals surface area contributed by atoms with Gasteiger partial charge in [-0.15, -0.1) is 0 Å². The molecule has 0 spiro atoms. The monoisotopic (exact) mass is 206 g/mol. The molecule has 0 unspecified atom stereocenters. The molecule has 0 atom stereocenters. The first kappa shape index (κ1) is 12.1. The van der Waals surface area contributed by atoms with E-state index in [9.17, 15) is 0 Å². The van der Waals surface area contributed by atoms with Gasteiger partial charge >= 0.3 is 0 Å². The molecule has 0 saturated heterocycles. The Morgan fingerprint density at radius 3 is 2.53 bits per heavy atom. The number of rotatable bonds is 4. The second-order valence-electron chi connectivity index (χ2n) is 4.38. The van der Waals surface area contributed by atoms with Crippen LogP contribution in [0.2, 0.25) is 0 Å². The van der Waals surface area contributed by atoms with Gasteiger partial charge in [0, 0.05) is 18.8 Å². The largest absolute Gasteiger partial charge is 0.372 e. The molecule has 0 fully saturated rings. The van der Waals surface area contributed by atoms with Crippen molar-refractivity contribution in [3.05, 3.63) is 29.3 Å². The lowest BCUT2D eigenvalue weighted by Gasteiger charge is -2.26. The number of aryl methyl sites for hydroxylation is 1. The molecule has 0 aliphatic rings. The Hall–Kier alpha value is -1.02. The maximum absolute atomic E-state index is 5.64. The highest BCUT2D eigenvalue weighted by Gasteiger charge is 2.09. The number of hydrogen-bond acceptors (Lipinski definition) is 2. The van der Waals surface area contributed by atoms with E-state index in [1.165, 1.54) is 16.8 Å². The average molecular weight is 206 g/mol. The van der Waals surface area contributed by atoms with Gasteiger partial charge in [-0.3, -0.25) is 0 Å². The van der Waals surface area contributed by atoms with Gasteiger partial charge in [0.1, 0.15) is 0 Å². The Labute approximate surface area is 93.1 Å². The van der Waals surface area contributed by atoms with Crippen LogP contribution in [0.25, 0.3) is 0 Å². The molecule has 0 heterocycles. The molecular formula is C13H22N2. The lowest BCUT2D eigenvalue weighted by molar-refractivity contribution is 0.748. The van der Waals surface area contributed by atoms with Gasteiger partial charge in [-0.25, -0.2) is 0 Å². The van der Waals surface area contributed by atoms with Gasteiger partial charge in [0.2, 0.25) is 0 Å². The van der Waals surface area contributed by atoms with Gasteiger partial charge in [0.05, 0.1) is 0 Å². The summed E-state index contributed by atoms with van der Waals surface area (Å²) in [5.41, 5.74) is 9.60. The van der Waals surface area contributed by atoms with Gasteiger partial charge in [-0.1, -0.05) is 17.7 Å². The van der Waals surface area contributed by atoms with Crippen molar-refractivity contribution in [3.8, 4) is 0 Å². The molecule has 0 aromatic heterocycles. The van der Waals surface area contributed by atoms with E-state index in [4.69, 9.17) is 5.73 Å². The van der Waals surface area contributed by atoms with Crippen LogP contribution >= 0.6 is 0 Å². The minimum Gasteiger partial charge on any atom is -0.372 e. The van der Waals surface area contributed by atoms with Crippen molar-refractivity contribution < 1.29 is 0 Å². The maximum Gasteiger partial charge on any atom is 0.0399 e. The summed E-state index contributed by atoms with van der Waals surface area (Å²) >= 11 is 0. The summed E-state index contributed by atoms with van der Waals surface area (Å²) < 4.78 is 0. The first-order chi connectivity index (χ1) is 7.06. The third kappa shape index (κ3) is 2.96. The van der Waals surface area contributed by atoms with Crippen molar-refractivity contribution in [3.63, 3.8) is 0 Å². The summed E-state index contributed by atoms with van der Waals surface area (Å²) in [5, 5.41) is 0. The van der Waals surface area contributed by atoms with E-state index in [0.717, 1.165) is 6.42 Å². The molecule has 15 heavy (non-hydrogen) atoms. The molecule has 0 saturated carbocycles. The maximum atomic E-state index is 5.64. The summed E-state index contributed by atoms with van der Waals surface area (Å²) in [4.78, 5) is 2.30. The second-order valence-corrected chi connectivity index (χ2v) is 4.38. The van der Waals surface area contributed by atoms with Crippen molar-refractivity contribution in [1.29, 1.82) is 0 Å². The van der Waals surface area contributed by atoms with Crippen molar-refractivity contribution in [2.24, 2.45) is 5.73 Å². The lowest BCUT2D eigenvalue weighted by atomic mass is 10.0. The van der Waals surface area contributed by atoms with Crippen LogP contribution in [-0.4, -0.2) is 19.6 Å². The van der Waals surface area contributed by atoms with E-state index in [1.54, 1.807) is 0 Å². The third-order valence-corrected chi connectivity index (χ3v) is 2.80. The van der Waals surface area contributed by atoms with E-state index in [2.05, 4.69) is 50.9 Å². The highest BCUT2D eigenvalue weighted by Crippen LogP contribution is 2.22. The van der Waals surface area contributed by atoms with Gasteiger partial charge < -0.3 is 10.6 Å². The molecule has 2 nitrogen and oxygen atoms in total. The summed E-state index contributed by atoms with van der Waals surface area (Å²) in [6.45, 7) is 7.24. The van der Waals surface area contributed by atoms with Gasteiger partial charge in [-0.05, 0) is 45.4 Å². The normalized spacial score (nSPS) is 10.8. The van der Waals surface area contributed by atoms with Crippen molar-refractivity contribution in [2.75, 3.05) is 18.5 Å². The molecule has 0 amide bonds. The van der Waals surface area contributed by atoms with E-state index in [1.807, 2.05) is 0 Å². The molecule has 0 radical (unpaired) electrons. The minimum atomic E-state index is 0.518. The lowest BCUT2D eigenvalue weighted by Crippen LogP contribution is -2.27. The van der Waals surface area contributed by atoms with Crippen LogP contribution < -0.4 is 10.6 Å². The smallest absolute Gasteiger partial charge is 0.0399 e. The average Bonchev–Trinajstić information content (AvgIpc) is 2.17. The quantitative estimate of drug-likeness (QED) is 0.819. The molecular weight excluding hydrogens is 184 g/mol. The molecule has 0 aliphatic heterocycles. The number of benzene rings is 1. The third-order valence-electron chi connectivity index (χ3n) is 2.80. The number of anilines is 1. The van der Waals surface area contributed by atoms with Crippen LogP contribution in [0.4, 0.5) is 5.69 Å². The van der Waals surface area contributed by atoms with Crippen LogP contribution in [-0.2, 0) is 6.42 Å².